The van der Waals surface area contributed by atoms with Crippen molar-refractivity contribution in [2.45, 2.75) is 102 Å². The summed E-state index contributed by atoms with van der Waals surface area (Å²) in [5.41, 5.74) is -1.55. The topological polar surface area (TPSA) is 123 Å². The zero-order valence-electron chi connectivity index (χ0n) is 27.6. The van der Waals surface area contributed by atoms with Crippen LogP contribution in [0.3, 0.4) is 0 Å². The first-order valence-electron chi connectivity index (χ1n) is 15.4. The van der Waals surface area contributed by atoms with Gasteiger partial charge in [0, 0.05) is 25.9 Å². The first kappa shape index (κ1) is 35.4. The first-order valence-corrected chi connectivity index (χ1v) is 15.4. The standard InChI is InChI=1S/C18H25NO4.C17H23NO4/c1-17(2,3)23-16(21)19-12-8-11-18(19,15(20)22-4)13-14-9-6-5-7-10-14;1-16(2,3)22-15(21)18-11-7-10-17(18,14(19)20)12-13-8-5-4-6-9-13/h5-7,9-10H,8,11-13H2,1-4H3;4-6,8-9H,7,10-12H2,1-3H3,(H,19,20)/t18-;17-/m11/s1. The van der Waals surface area contributed by atoms with E-state index in [9.17, 15) is 24.3 Å². The number of carbonyl (C=O) groups excluding carboxylic acids is 3. The summed E-state index contributed by atoms with van der Waals surface area (Å²) >= 11 is 0. The molecule has 10 heteroatoms. The lowest BCUT2D eigenvalue weighted by molar-refractivity contribution is -0.153. The van der Waals surface area contributed by atoms with Crippen LogP contribution in [0.1, 0.15) is 78.4 Å². The van der Waals surface area contributed by atoms with Gasteiger partial charge >= 0.3 is 24.1 Å². The van der Waals surface area contributed by atoms with Gasteiger partial charge in [-0.3, -0.25) is 9.80 Å². The van der Waals surface area contributed by atoms with Gasteiger partial charge in [0.2, 0.25) is 0 Å². The van der Waals surface area contributed by atoms with E-state index >= 15 is 0 Å². The smallest absolute Gasteiger partial charge is 0.411 e. The average molecular weight is 625 g/mol. The van der Waals surface area contributed by atoms with Crippen LogP contribution in [0.25, 0.3) is 0 Å². The Morgan fingerprint density at radius 3 is 1.44 bits per heavy atom. The monoisotopic (exact) mass is 624 g/mol. The van der Waals surface area contributed by atoms with Crippen LogP contribution in [0, 0.1) is 0 Å². The van der Waals surface area contributed by atoms with E-state index in [0.717, 1.165) is 17.5 Å². The molecule has 2 aromatic carbocycles. The number of methoxy groups -OCH3 is 1. The number of rotatable bonds is 6. The van der Waals surface area contributed by atoms with Crippen molar-refractivity contribution < 1.29 is 38.5 Å². The molecule has 2 aliphatic rings. The molecule has 246 valence electrons. The van der Waals surface area contributed by atoms with E-state index < -0.39 is 40.4 Å². The Labute approximate surface area is 266 Å². The molecule has 2 atom stereocenters. The van der Waals surface area contributed by atoms with E-state index in [2.05, 4.69) is 0 Å². The van der Waals surface area contributed by atoms with E-state index in [-0.39, 0.29) is 5.97 Å². The van der Waals surface area contributed by atoms with Crippen LogP contribution in [0.4, 0.5) is 9.59 Å². The number of carboxylic acids is 1. The molecule has 2 heterocycles. The molecule has 2 amide bonds. The zero-order chi connectivity index (χ0) is 33.5. The predicted molar refractivity (Wildman–Crippen MR) is 170 cm³/mol. The maximum absolute atomic E-state index is 12.6. The molecular weight excluding hydrogens is 576 g/mol. The van der Waals surface area contributed by atoms with Gasteiger partial charge in [0.25, 0.3) is 0 Å². The molecule has 0 aromatic heterocycles. The van der Waals surface area contributed by atoms with Crippen LogP contribution < -0.4 is 0 Å². The van der Waals surface area contributed by atoms with Gasteiger partial charge in [-0.2, -0.15) is 0 Å². The van der Waals surface area contributed by atoms with Crippen LogP contribution in [0.2, 0.25) is 0 Å². The number of likely N-dealkylation sites (tertiary alicyclic amines) is 2. The number of nitrogens with zero attached hydrogens (tertiary/aromatic N) is 2. The first-order chi connectivity index (χ1) is 21.0. The van der Waals surface area contributed by atoms with E-state index in [1.165, 1.54) is 16.9 Å². The molecule has 45 heavy (non-hydrogen) atoms. The Hall–Kier alpha value is -4.08. The second-order valence-corrected chi connectivity index (χ2v) is 13.7. The molecule has 1 N–H and O–H groups in total. The van der Waals surface area contributed by atoms with Crippen molar-refractivity contribution >= 4 is 24.1 Å². The third-order valence-corrected chi connectivity index (χ3v) is 7.85. The van der Waals surface area contributed by atoms with E-state index in [0.29, 0.717) is 45.2 Å². The van der Waals surface area contributed by atoms with Crippen molar-refractivity contribution in [3.8, 4) is 0 Å². The number of benzene rings is 2. The minimum absolute atomic E-state index is 0.294. The second-order valence-electron chi connectivity index (χ2n) is 13.7. The van der Waals surface area contributed by atoms with Crippen molar-refractivity contribution in [2.24, 2.45) is 0 Å². The SMILES string of the molecule is CC(C)(C)OC(=O)N1CCC[C@@]1(Cc1ccccc1)C(=O)O.COC(=O)[C@]1(Cc2ccccc2)CCCN1C(=O)OC(C)(C)C. The molecule has 0 bridgehead atoms. The lowest BCUT2D eigenvalue weighted by Gasteiger charge is -2.37. The van der Waals surface area contributed by atoms with Gasteiger partial charge in [-0.25, -0.2) is 19.2 Å². The lowest BCUT2D eigenvalue weighted by Crippen LogP contribution is -2.56. The van der Waals surface area contributed by atoms with E-state index in [4.69, 9.17) is 14.2 Å². The summed E-state index contributed by atoms with van der Waals surface area (Å²) in [5, 5.41) is 9.79. The number of hydrogen-bond donors (Lipinski definition) is 1. The van der Waals surface area contributed by atoms with Gasteiger partial charge in [-0.15, -0.1) is 0 Å². The van der Waals surface area contributed by atoms with Crippen molar-refractivity contribution in [1.29, 1.82) is 0 Å². The van der Waals surface area contributed by atoms with Crippen molar-refractivity contribution in [3.05, 3.63) is 71.8 Å². The molecule has 0 saturated carbocycles. The number of carbonyl (C=O) groups is 4. The van der Waals surface area contributed by atoms with Gasteiger partial charge in [-0.1, -0.05) is 60.7 Å². The highest BCUT2D eigenvalue weighted by molar-refractivity contribution is 5.87. The largest absolute Gasteiger partial charge is 0.479 e. The van der Waals surface area contributed by atoms with Crippen LogP contribution in [-0.4, -0.2) is 81.5 Å². The Kier molecular flexibility index (Phi) is 11.3. The molecule has 0 radical (unpaired) electrons. The summed E-state index contributed by atoms with van der Waals surface area (Å²) in [6.45, 7) is 11.7. The normalized spacial score (nSPS) is 21.4. The lowest BCUT2D eigenvalue weighted by atomic mass is 9.88. The predicted octanol–water partition coefficient (Wildman–Crippen LogP) is 6.26. The van der Waals surface area contributed by atoms with Crippen LogP contribution in [0.5, 0.6) is 0 Å². The fourth-order valence-electron chi connectivity index (χ4n) is 5.93. The molecule has 0 unspecified atom stereocenters. The highest BCUT2D eigenvalue weighted by Crippen LogP contribution is 2.36. The second kappa shape index (κ2) is 14.3. The van der Waals surface area contributed by atoms with Gasteiger partial charge in [0.05, 0.1) is 7.11 Å². The van der Waals surface area contributed by atoms with Crippen molar-refractivity contribution in [1.82, 2.24) is 9.80 Å². The summed E-state index contributed by atoms with van der Waals surface area (Å²) in [7, 11) is 1.36. The summed E-state index contributed by atoms with van der Waals surface area (Å²) in [6.07, 6.45) is 2.14. The zero-order valence-corrected chi connectivity index (χ0v) is 27.6. The van der Waals surface area contributed by atoms with Gasteiger partial charge in [0.15, 0.2) is 0 Å². The molecule has 2 saturated heterocycles. The molecule has 2 fully saturated rings. The molecular formula is C35H48N2O8. The third kappa shape index (κ3) is 8.99. The minimum atomic E-state index is -1.22. The highest BCUT2D eigenvalue weighted by Gasteiger charge is 2.52. The number of aliphatic carboxylic acids is 1. The number of hydrogen-bond acceptors (Lipinski definition) is 7. The quantitative estimate of drug-likeness (QED) is 0.295. The van der Waals surface area contributed by atoms with Crippen molar-refractivity contribution in [2.75, 3.05) is 20.2 Å². The highest BCUT2D eigenvalue weighted by atomic mass is 16.6. The summed E-state index contributed by atoms with van der Waals surface area (Å²) < 4.78 is 15.9. The van der Waals surface area contributed by atoms with E-state index in [1.54, 1.807) is 20.8 Å². The number of carboxylic acid groups (broad SMARTS) is 1. The summed E-state index contributed by atoms with van der Waals surface area (Å²) in [4.78, 5) is 52.4. The van der Waals surface area contributed by atoms with Crippen LogP contribution in [0.15, 0.2) is 60.7 Å². The average Bonchev–Trinajstić information content (AvgIpc) is 3.58. The molecule has 4 rings (SSSR count). The molecule has 0 aliphatic carbocycles. The Bertz CT molecular complexity index is 1320. The van der Waals surface area contributed by atoms with Gasteiger partial charge < -0.3 is 19.3 Å². The van der Waals surface area contributed by atoms with E-state index in [1.807, 2.05) is 81.4 Å². The molecule has 0 spiro atoms. The number of esters is 1. The van der Waals surface area contributed by atoms with Crippen LogP contribution >= 0.6 is 0 Å². The minimum Gasteiger partial charge on any atom is -0.479 e. The maximum Gasteiger partial charge on any atom is 0.411 e. The fraction of sp³-hybridized carbons (Fsp3) is 0.543. The number of ether oxygens (including phenoxy) is 3. The van der Waals surface area contributed by atoms with Crippen LogP contribution in [-0.2, 0) is 36.6 Å². The molecule has 10 nitrogen and oxygen atoms in total. The Morgan fingerprint density at radius 1 is 0.689 bits per heavy atom. The van der Waals surface area contributed by atoms with Crippen molar-refractivity contribution in [3.63, 3.8) is 0 Å². The Balaban J connectivity index is 0.000000246. The third-order valence-electron chi connectivity index (χ3n) is 7.85. The Morgan fingerprint density at radius 2 is 1.07 bits per heavy atom. The molecule has 2 aliphatic heterocycles. The fourth-order valence-corrected chi connectivity index (χ4v) is 5.93. The van der Waals surface area contributed by atoms with Gasteiger partial charge in [0.1, 0.15) is 22.3 Å². The summed E-state index contributed by atoms with van der Waals surface area (Å²) in [6, 6.07) is 19.1. The number of amides is 2. The molecule has 2 aromatic rings. The summed E-state index contributed by atoms with van der Waals surface area (Å²) in [5.74, 6) is -1.36. The maximum atomic E-state index is 12.6. The van der Waals surface area contributed by atoms with Gasteiger partial charge in [-0.05, 0) is 78.4 Å².